The molecule has 0 aliphatic heterocycles. The third-order valence-electron chi connectivity index (χ3n) is 3.40. The van der Waals surface area contributed by atoms with Crippen molar-refractivity contribution < 1.29 is 12.8 Å². The molecule has 20 heavy (non-hydrogen) atoms. The molecule has 0 atom stereocenters. The number of rotatable bonds is 6. The van der Waals surface area contributed by atoms with E-state index in [1.54, 1.807) is 6.92 Å². The number of hydrogen-bond acceptors (Lipinski definition) is 3. The summed E-state index contributed by atoms with van der Waals surface area (Å²) in [4.78, 5) is -0.331. The van der Waals surface area contributed by atoms with Crippen LogP contribution in [-0.4, -0.2) is 20.5 Å². The van der Waals surface area contributed by atoms with Gasteiger partial charge in [0.1, 0.15) is 10.7 Å². The van der Waals surface area contributed by atoms with Crippen LogP contribution in [0.25, 0.3) is 0 Å². The summed E-state index contributed by atoms with van der Waals surface area (Å²) in [6.07, 6.45) is 1.28. The van der Waals surface area contributed by atoms with Gasteiger partial charge in [-0.25, -0.2) is 17.5 Å². The van der Waals surface area contributed by atoms with E-state index < -0.39 is 21.4 Å². The van der Waals surface area contributed by atoms with Gasteiger partial charge in [-0.05, 0) is 37.5 Å². The fraction of sp³-hybridized carbons (Fsp3) is 0.538. The summed E-state index contributed by atoms with van der Waals surface area (Å²) in [5.74, 6) is -0.756. The lowest BCUT2D eigenvalue weighted by molar-refractivity contribution is 0.391. The molecule has 1 aromatic rings. The number of nitrogens with one attached hydrogen (secondary N) is 1. The van der Waals surface area contributed by atoms with Crippen molar-refractivity contribution in [1.82, 2.24) is 4.72 Å². The molecule has 0 spiro atoms. The third-order valence-corrected chi connectivity index (χ3v) is 4.81. The fourth-order valence-corrected chi connectivity index (χ4v) is 2.93. The van der Waals surface area contributed by atoms with Crippen LogP contribution in [0.4, 0.5) is 4.39 Å². The van der Waals surface area contributed by atoms with Crippen LogP contribution in [0.15, 0.2) is 23.1 Å². The van der Waals surface area contributed by atoms with Gasteiger partial charge in [0, 0.05) is 12.1 Å². The quantitative estimate of drug-likeness (QED) is 0.843. The first-order chi connectivity index (χ1) is 8.74. The van der Waals surface area contributed by atoms with Gasteiger partial charge in [-0.15, -0.1) is 12.4 Å². The van der Waals surface area contributed by atoms with Crippen molar-refractivity contribution in [3.05, 3.63) is 29.6 Å². The monoisotopic (exact) mass is 324 g/mol. The molecule has 0 aliphatic rings. The van der Waals surface area contributed by atoms with Gasteiger partial charge >= 0.3 is 0 Å². The Labute approximate surface area is 126 Å². The Morgan fingerprint density at radius 1 is 1.30 bits per heavy atom. The number of benzene rings is 1. The maximum Gasteiger partial charge on any atom is 0.243 e. The minimum atomic E-state index is -3.87. The predicted octanol–water partition coefficient (Wildman–Crippen LogP) is 2.35. The van der Waals surface area contributed by atoms with E-state index in [1.165, 1.54) is 12.1 Å². The highest BCUT2D eigenvalue weighted by Gasteiger charge is 2.25. The van der Waals surface area contributed by atoms with Crippen molar-refractivity contribution in [2.75, 3.05) is 6.54 Å². The zero-order chi connectivity index (χ0) is 14.7. The molecule has 1 rings (SSSR count). The molecule has 0 unspecified atom stereocenters. The second-order valence-corrected chi connectivity index (χ2v) is 6.56. The van der Waals surface area contributed by atoms with Crippen LogP contribution < -0.4 is 10.5 Å². The summed E-state index contributed by atoms with van der Waals surface area (Å²) < 4.78 is 40.1. The van der Waals surface area contributed by atoms with Crippen molar-refractivity contribution in [2.24, 2.45) is 5.73 Å². The molecule has 1 aromatic carbocycles. The summed E-state index contributed by atoms with van der Waals surface area (Å²) >= 11 is 0. The summed E-state index contributed by atoms with van der Waals surface area (Å²) in [6, 6.07) is 3.99. The van der Waals surface area contributed by atoms with Crippen LogP contribution in [0, 0.1) is 12.7 Å². The SMILES string of the molecule is CCC(N)(CC)CNS(=O)(=O)c1cc(C)ccc1F.Cl. The van der Waals surface area contributed by atoms with Crippen molar-refractivity contribution in [1.29, 1.82) is 0 Å². The molecule has 0 heterocycles. The average molecular weight is 325 g/mol. The maximum atomic E-state index is 13.6. The van der Waals surface area contributed by atoms with Crippen LogP contribution >= 0.6 is 12.4 Å². The van der Waals surface area contributed by atoms with E-state index in [4.69, 9.17) is 5.73 Å². The van der Waals surface area contributed by atoms with Crippen LogP contribution in [-0.2, 0) is 10.0 Å². The first-order valence-electron chi connectivity index (χ1n) is 6.29. The van der Waals surface area contributed by atoms with Gasteiger partial charge < -0.3 is 5.73 Å². The molecule has 0 bridgehead atoms. The maximum absolute atomic E-state index is 13.6. The molecule has 3 N–H and O–H groups in total. The molecule has 0 amide bonds. The summed E-state index contributed by atoms with van der Waals surface area (Å²) in [7, 11) is -3.87. The van der Waals surface area contributed by atoms with E-state index in [2.05, 4.69) is 4.72 Å². The Morgan fingerprint density at radius 2 is 1.85 bits per heavy atom. The van der Waals surface area contributed by atoms with Crippen molar-refractivity contribution in [2.45, 2.75) is 44.0 Å². The van der Waals surface area contributed by atoms with E-state index in [9.17, 15) is 12.8 Å². The van der Waals surface area contributed by atoms with Gasteiger partial charge in [-0.2, -0.15) is 0 Å². The summed E-state index contributed by atoms with van der Waals surface area (Å²) in [5, 5.41) is 0. The predicted molar refractivity (Wildman–Crippen MR) is 81.1 cm³/mol. The number of sulfonamides is 1. The first-order valence-corrected chi connectivity index (χ1v) is 7.77. The smallest absolute Gasteiger partial charge is 0.243 e. The zero-order valence-electron chi connectivity index (χ0n) is 11.9. The molecule has 4 nitrogen and oxygen atoms in total. The highest BCUT2D eigenvalue weighted by Crippen LogP contribution is 2.17. The Bertz CT molecular complexity index is 545. The highest BCUT2D eigenvalue weighted by molar-refractivity contribution is 7.89. The highest BCUT2D eigenvalue weighted by atomic mass is 35.5. The van der Waals surface area contributed by atoms with E-state index in [0.717, 1.165) is 6.07 Å². The Hall–Kier alpha value is -0.690. The molecular weight excluding hydrogens is 303 g/mol. The van der Waals surface area contributed by atoms with Crippen molar-refractivity contribution in [3.63, 3.8) is 0 Å². The number of aryl methyl sites for hydroxylation is 1. The lowest BCUT2D eigenvalue weighted by atomic mass is 9.95. The molecule has 7 heteroatoms. The minimum Gasteiger partial charge on any atom is -0.324 e. The summed E-state index contributed by atoms with van der Waals surface area (Å²) in [6.45, 7) is 5.59. The average Bonchev–Trinajstić information content (AvgIpc) is 2.39. The van der Waals surface area contributed by atoms with E-state index in [0.29, 0.717) is 18.4 Å². The van der Waals surface area contributed by atoms with Gasteiger partial charge in [0.15, 0.2) is 0 Å². The van der Waals surface area contributed by atoms with Gasteiger partial charge in [0.25, 0.3) is 0 Å². The van der Waals surface area contributed by atoms with E-state index in [1.807, 2.05) is 13.8 Å². The molecule has 0 saturated heterocycles. The topological polar surface area (TPSA) is 72.2 Å². The van der Waals surface area contributed by atoms with Gasteiger partial charge in [-0.1, -0.05) is 19.9 Å². The van der Waals surface area contributed by atoms with E-state index >= 15 is 0 Å². The molecular formula is C13H22ClFN2O2S. The second-order valence-electron chi connectivity index (χ2n) is 4.83. The molecule has 116 valence electrons. The lowest BCUT2D eigenvalue weighted by Crippen LogP contribution is -2.49. The van der Waals surface area contributed by atoms with Crippen LogP contribution in [0.2, 0.25) is 0 Å². The van der Waals surface area contributed by atoms with Crippen LogP contribution in [0.1, 0.15) is 32.3 Å². The van der Waals surface area contributed by atoms with Gasteiger partial charge in [-0.3, -0.25) is 0 Å². The Morgan fingerprint density at radius 3 is 2.35 bits per heavy atom. The Kier molecular flexibility index (Phi) is 7.10. The standard InChI is InChI=1S/C13H21FN2O2S.ClH/c1-4-13(15,5-2)9-16-19(17,18)12-8-10(3)6-7-11(12)14;/h6-8,16H,4-5,9,15H2,1-3H3;1H. The van der Waals surface area contributed by atoms with Crippen molar-refractivity contribution in [3.8, 4) is 0 Å². The minimum absolute atomic E-state index is 0. The summed E-state index contributed by atoms with van der Waals surface area (Å²) in [5.41, 5.74) is 6.11. The Balaban J connectivity index is 0.00000361. The van der Waals surface area contributed by atoms with Crippen LogP contribution in [0.5, 0.6) is 0 Å². The largest absolute Gasteiger partial charge is 0.324 e. The molecule has 0 radical (unpaired) electrons. The fourth-order valence-electron chi connectivity index (χ4n) is 1.63. The second kappa shape index (κ2) is 7.36. The number of halogens is 2. The first kappa shape index (κ1) is 19.3. The number of nitrogens with two attached hydrogens (primary N) is 1. The number of hydrogen-bond donors (Lipinski definition) is 2. The van der Waals surface area contributed by atoms with Crippen LogP contribution in [0.3, 0.4) is 0 Å². The zero-order valence-corrected chi connectivity index (χ0v) is 13.6. The third kappa shape index (κ3) is 4.70. The molecule has 0 aliphatic carbocycles. The normalized spacial score (nSPS) is 12.1. The van der Waals surface area contributed by atoms with Gasteiger partial charge in [0.05, 0.1) is 0 Å². The molecule has 0 aromatic heterocycles. The molecule has 0 saturated carbocycles. The lowest BCUT2D eigenvalue weighted by Gasteiger charge is -2.26. The van der Waals surface area contributed by atoms with Gasteiger partial charge in [0.2, 0.25) is 10.0 Å². The van der Waals surface area contributed by atoms with Crippen molar-refractivity contribution >= 4 is 22.4 Å². The van der Waals surface area contributed by atoms with E-state index in [-0.39, 0.29) is 23.8 Å². The molecule has 0 fully saturated rings.